The van der Waals surface area contributed by atoms with Crippen molar-refractivity contribution >= 4 is 48.0 Å². The summed E-state index contributed by atoms with van der Waals surface area (Å²) in [5.74, 6) is 0. The Morgan fingerprint density at radius 1 is 1.10 bits per heavy atom. The lowest BCUT2D eigenvalue weighted by molar-refractivity contribution is 0.164. The van der Waals surface area contributed by atoms with Crippen molar-refractivity contribution in [2.45, 2.75) is 11.1 Å². The van der Waals surface area contributed by atoms with Crippen LogP contribution in [-0.2, 0) is 4.74 Å². The van der Waals surface area contributed by atoms with Gasteiger partial charge in [0.15, 0.2) is 11.1 Å². The molecule has 6 heteroatoms. The van der Waals surface area contributed by atoms with Gasteiger partial charge in [0.25, 0.3) is 0 Å². The average Bonchev–Trinajstić information content (AvgIpc) is 1.87. The average molecular weight is 205 g/mol. The molecule has 60 valence electrons. The molecule has 0 amide bonds. The Bertz CT molecular complexity index is 98.7. The first-order valence-corrected chi connectivity index (χ1v) is 3.02. The van der Waals surface area contributed by atoms with Crippen molar-refractivity contribution in [1.82, 2.24) is 0 Å². The number of rotatable bonds is 4. The van der Waals surface area contributed by atoms with Crippen LogP contribution in [0.25, 0.3) is 0 Å². The van der Waals surface area contributed by atoms with Crippen LogP contribution in [0, 0.1) is 10.8 Å². The molecule has 0 saturated carbocycles. The second-order valence-electron chi connectivity index (χ2n) is 1.17. The van der Waals surface area contributed by atoms with Gasteiger partial charge in [-0.2, -0.15) is 0 Å². The fourth-order valence-corrected chi connectivity index (χ4v) is 0.477. The summed E-state index contributed by atoms with van der Waals surface area (Å²) in [5, 5.41) is 13.1. The van der Waals surface area contributed by atoms with E-state index in [0.29, 0.717) is 0 Å². The van der Waals surface area contributed by atoms with E-state index in [1.807, 2.05) is 0 Å². The van der Waals surface area contributed by atoms with E-state index in [4.69, 9.17) is 34.0 Å². The first kappa shape index (κ1) is 12.8. The van der Waals surface area contributed by atoms with Crippen molar-refractivity contribution in [2.24, 2.45) is 0 Å². The molecule has 0 rings (SSSR count). The minimum Gasteiger partial charge on any atom is -0.333 e. The van der Waals surface area contributed by atoms with Gasteiger partial charge in [0, 0.05) is 12.4 Å². The van der Waals surface area contributed by atoms with Gasteiger partial charge in [0.2, 0.25) is 0 Å². The molecule has 2 atom stereocenters. The van der Waals surface area contributed by atoms with Gasteiger partial charge in [-0.1, -0.05) is 23.2 Å². The second-order valence-corrected chi connectivity index (χ2v) is 2.03. The molecule has 0 spiro atoms. The predicted molar refractivity (Wildman–Crippen MR) is 45.2 cm³/mol. The highest BCUT2D eigenvalue weighted by Crippen LogP contribution is 2.01. The van der Waals surface area contributed by atoms with E-state index in [0.717, 1.165) is 12.4 Å². The molecule has 0 aromatic heterocycles. The third-order valence-corrected chi connectivity index (χ3v) is 0.980. The Hall–Kier alpha value is 0.170. The third kappa shape index (κ3) is 6.29. The Morgan fingerprint density at radius 2 is 1.40 bits per heavy atom. The summed E-state index contributed by atoms with van der Waals surface area (Å²) in [6.07, 6.45) is 1.78. The SMILES string of the molecule is Cl.N=CC(Cl)OC(Cl)C=N. The van der Waals surface area contributed by atoms with Gasteiger partial charge in [-0.15, -0.1) is 12.4 Å². The highest BCUT2D eigenvalue weighted by atomic mass is 35.5. The van der Waals surface area contributed by atoms with Crippen LogP contribution in [0.4, 0.5) is 0 Å². The number of halogens is 3. The van der Waals surface area contributed by atoms with E-state index in [-0.39, 0.29) is 12.4 Å². The van der Waals surface area contributed by atoms with Gasteiger partial charge in [0.1, 0.15) is 0 Å². The summed E-state index contributed by atoms with van der Waals surface area (Å²) in [6, 6.07) is 0. The van der Waals surface area contributed by atoms with Gasteiger partial charge in [-0.25, -0.2) is 0 Å². The fourth-order valence-electron chi connectivity index (χ4n) is 0.203. The van der Waals surface area contributed by atoms with E-state index in [9.17, 15) is 0 Å². The number of hydrogen-bond donors (Lipinski definition) is 2. The summed E-state index contributed by atoms with van der Waals surface area (Å²) in [5.41, 5.74) is -1.68. The fraction of sp³-hybridized carbons (Fsp3) is 0.500. The van der Waals surface area contributed by atoms with E-state index >= 15 is 0 Å². The van der Waals surface area contributed by atoms with Crippen LogP contribution in [0.3, 0.4) is 0 Å². The molecule has 0 aromatic carbocycles. The highest BCUT2D eigenvalue weighted by Gasteiger charge is 2.04. The van der Waals surface area contributed by atoms with Crippen LogP contribution in [0.1, 0.15) is 0 Å². The molecule has 0 bridgehead atoms. The lowest BCUT2D eigenvalue weighted by Gasteiger charge is -2.05. The maximum atomic E-state index is 6.56. The van der Waals surface area contributed by atoms with Gasteiger partial charge >= 0.3 is 0 Å². The molecule has 10 heavy (non-hydrogen) atoms. The quantitative estimate of drug-likeness (QED) is 0.534. The summed E-state index contributed by atoms with van der Waals surface area (Å²) in [7, 11) is 0. The maximum absolute atomic E-state index is 6.56. The Kier molecular flexibility index (Phi) is 9.33. The molecule has 3 nitrogen and oxygen atoms in total. The van der Waals surface area contributed by atoms with Gasteiger partial charge < -0.3 is 15.6 Å². The molecule has 0 saturated heterocycles. The first-order valence-electron chi connectivity index (χ1n) is 2.15. The van der Waals surface area contributed by atoms with Crippen molar-refractivity contribution < 1.29 is 4.74 Å². The molecule has 0 aliphatic rings. The Morgan fingerprint density at radius 3 is 1.60 bits per heavy atom. The standard InChI is InChI=1S/C4H6Cl2N2O.ClH/c5-3(1-7)9-4(6)2-8;/h1-4,7-8H;1H. The van der Waals surface area contributed by atoms with Gasteiger partial charge in [-0.05, 0) is 0 Å². The lowest BCUT2D eigenvalue weighted by atomic mass is 10.7. The van der Waals surface area contributed by atoms with Crippen molar-refractivity contribution in [3.05, 3.63) is 0 Å². The van der Waals surface area contributed by atoms with Crippen molar-refractivity contribution in [1.29, 1.82) is 10.8 Å². The third-order valence-electron chi connectivity index (χ3n) is 0.522. The lowest BCUT2D eigenvalue weighted by Crippen LogP contribution is -2.14. The van der Waals surface area contributed by atoms with Crippen LogP contribution in [0.5, 0.6) is 0 Å². The van der Waals surface area contributed by atoms with E-state index in [1.54, 1.807) is 0 Å². The monoisotopic (exact) mass is 204 g/mol. The normalized spacial score (nSPS) is 14.6. The molecule has 0 aromatic rings. The van der Waals surface area contributed by atoms with Crippen LogP contribution < -0.4 is 0 Å². The minimum absolute atomic E-state index is 0. The summed E-state index contributed by atoms with van der Waals surface area (Å²) < 4.78 is 4.59. The first-order chi connectivity index (χ1) is 4.20. The summed E-state index contributed by atoms with van der Waals surface area (Å²) in [6.45, 7) is 0. The molecule has 2 unspecified atom stereocenters. The molecule has 0 aliphatic heterocycles. The van der Waals surface area contributed by atoms with Crippen LogP contribution in [-0.4, -0.2) is 23.6 Å². The Labute approximate surface area is 75.1 Å². The van der Waals surface area contributed by atoms with Crippen molar-refractivity contribution in [3.8, 4) is 0 Å². The number of alkyl halides is 2. The summed E-state index contributed by atoms with van der Waals surface area (Å²) >= 11 is 10.6. The molecular formula is C4H7Cl3N2O. The van der Waals surface area contributed by atoms with Crippen LogP contribution >= 0.6 is 35.6 Å². The molecule has 0 radical (unpaired) electrons. The molecule has 0 heterocycles. The minimum atomic E-state index is -0.839. The molecular weight excluding hydrogens is 198 g/mol. The summed E-state index contributed by atoms with van der Waals surface area (Å²) in [4.78, 5) is 0. The topological polar surface area (TPSA) is 56.9 Å². The maximum Gasteiger partial charge on any atom is 0.168 e. The zero-order valence-electron chi connectivity index (χ0n) is 4.88. The molecule has 2 N–H and O–H groups in total. The number of hydrogen-bond acceptors (Lipinski definition) is 3. The number of ether oxygens (including phenoxy) is 1. The van der Waals surface area contributed by atoms with Crippen molar-refractivity contribution in [2.75, 3.05) is 0 Å². The van der Waals surface area contributed by atoms with Crippen molar-refractivity contribution in [3.63, 3.8) is 0 Å². The van der Waals surface area contributed by atoms with E-state index < -0.39 is 11.1 Å². The van der Waals surface area contributed by atoms with E-state index in [2.05, 4.69) is 4.74 Å². The zero-order chi connectivity index (χ0) is 7.28. The van der Waals surface area contributed by atoms with Gasteiger partial charge in [-0.3, -0.25) is 0 Å². The zero-order valence-corrected chi connectivity index (χ0v) is 7.21. The number of nitrogens with one attached hydrogen (secondary N) is 2. The van der Waals surface area contributed by atoms with Crippen LogP contribution in [0.15, 0.2) is 0 Å². The second kappa shape index (κ2) is 7.28. The highest BCUT2D eigenvalue weighted by molar-refractivity contribution is 6.29. The smallest absolute Gasteiger partial charge is 0.168 e. The van der Waals surface area contributed by atoms with E-state index in [1.165, 1.54) is 0 Å². The molecule has 0 fully saturated rings. The van der Waals surface area contributed by atoms with Gasteiger partial charge in [0.05, 0.1) is 0 Å². The largest absolute Gasteiger partial charge is 0.333 e. The predicted octanol–water partition coefficient (Wildman–Crippen LogP) is 1.85. The van der Waals surface area contributed by atoms with Crippen LogP contribution in [0.2, 0.25) is 0 Å². The molecule has 0 aliphatic carbocycles. The Balaban J connectivity index is 0.